The van der Waals surface area contributed by atoms with Crippen LogP contribution in [-0.2, 0) is 9.36 Å². The molecule has 0 bridgehead atoms. The Morgan fingerprint density at radius 3 is 2.15 bits per heavy atom. The van der Waals surface area contributed by atoms with Crippen LogP contribution in [0.4, 0.5) is 0 Å². The Kier molecular flexibility index (Phi) is 5.82. The lowest BCUT2D eigenvalue weighted by molar-refractivity contribution is -0.142. The van der Waals surface area contributed by atoms with Gasteiger partial charge in [-0.05, 0) is 13.3 Å². The van der Waals surface area contributed by atoms with Crippen molar-refractivity contribution in [3.8, 4) is 0 Å². The van der Waals surface area contributed by atoms with Gasteiger partial charge in [0.1, 0.15) is 5.54 Å². The highest BCUT2D eigenvalue weighted by Crippen LogP contribution is 2.36. The van der Waals surface area contributed by atoms with Crippen LogP contribution < -0.4 is 5.73 Å². The van der Waals surface area contributed by atoms with Crippen LogP contribution in [0.5, 0.6) is 0 Å². The highest BCUT2D eigenvalue weighted by molar-refractivity contribution is 7.51. The van der Waals surface area contributed by atoms with E-state index in [1.54, 1.807) is 0 Å². The first-order chi connectivity index (χ1) is 5.15. The molecule has 0 radical (unpaired) electrons. The summed E-state index contributed by atoms with van der Waals surface area (Å²) in [4.78, 5) is 27.2. The Balaban J connectivity index is 0. The van der Waals surface area contributed by atoms with Crippen molar-refractivity contribution >= 4 is 26.0 Å². The molecule has 0 heterocycles. The third-order valence-electron chi connectivity index (χ3n) is 1.41. The van der Waals surface area contributed by atoms with Gasteiger partial charge in [0, 0.05) is 0 Å². The van der Waals surface area contributed by atoms with Gasteiger partial charge in [-0.2, -0.15) is 0 Å². The van der Waals surface area contributed by atoms with Gasteiger partial charge in [0.15, 0.2) is 0 Å². The van der Waals surface area contributed by atoms with Gasteiger partial charge in [0.05, 0.1) is 6.16 Å². The molecular formula is C5H13ClNO5P. The van der Waals surface area contributed by atoms with Crippen molar-refractivity contribution in [1.29, 1.82) is 0 Å². The second-order valence-electron chi connectivity index (χ2n) is 2.86. The lowest BCUT2D eigenvalue weighted by Gasteiger charge is -2.18. The lowest BCUT2D eigenvalue weighted by Crippen LogP contribution is -2.45. The second kappa shape index (κ2) is 4.93. The summed E-state index contributed by atoms with van der Waals surface area (Å²) in [5.74, 6) is -1.27. The molecule has 13 heavy (non-hydrogen) atoms. The normalized spacial score (nSPS) is 15.7. The van der Waals surface area contributed by atoms with Crippen molar-refractivity contribution < 1.29 is 24.3 Å². The summed E-state index contributed by atoms with van der Waals surface area (Å²) in [6, 6.07) is 0. The summed E-state index contributed by atoms with van der Waals surface area (Å²) >= 11 is 0. The molecule has 8 heteroatoms. The molecular weight excluding hydrogens is 220 g/mol. The molecule has 0 aliphatic carbocycles. The second-order valence-corrected chi connectivity index (χ2v) is 4.64. The van der Waals surface area contributed by atoms with E-state index in [9.17, 15) is 9.36 Å². The van der Waals surface area contributed by atoms with Gasteiger partial charge < -0.3 is 20.6 Å². The summed E-state index contributed by atoms with van der Waals surface area (Å²) < 4.78 is 10.3. The van der Waals surface area contributed by atoms with Crippen LogP contribution in [0.1, 0.15) is 13.3 Å². The van der Waals surface area contributed by atoms with Crippen LogP contribution in [0.25, 0.3) is 0 Å². The minimum Gasteiger partial charge on any atom is -0.480 e. The van der Waals surface area contributed by atoms with Crippen molar-refractivity contribution in [3.63, 3.8) is 0 Å². The predicted molar refractivity (Wildman–Crippen MR) is 49.0 cm³/mol. The number of carboxylic acid groups (broad SMARTS) is 1. The number of hydrogen-bond acceptors (Lipinski definition) is 3. The molecule has 0 saturated heterocycles. The van der Waals surface area contributed by atoms with Crippen LogP contribution in [0, 0.1) is 0 Å². The maximum absolute atomic E-state index is 10.4. The Morgan fingerprint density at radius 2 is 1.92 bits per heavy atom. The van der Waals surface area contributed by atoms with Gasteiger partial charge in [0.25, 0.3) is 0 Å². The highest BCUT2D eigenvalue weighted by Gasteiger charge is 2.30. The number of carbonyl (C=O) groups is 1. The third-order valence-corrected chi connectivity index (χ3v) is 2.22. The van der Waals surface area contributed by atoms with Crippen LogP contribution >= 0.6 is 20.0 Å². The topological polar surface area (TPSA) is 121 Å². The van der Waals surface area contributed by atoms with Crippen molar-refractivity contribution in [2.24, 2.45) is 5.73 Å². The van der Waals surface area contributed by atoms with Crippen molar-refractivity contribution in [2.75, 3.05) is 6.16 Å². The Bertz CT molecular complexity index is 225. The minimum absolute atomic E-state index is 0. The van der Waals surface area contributed by atoms with E-state index in [1.165, 1.54) is 6.92 Å². The van der Waals surface area contributed by atoms with Gasteiger partial charge in [-0.25, -0.2) is 0 Å². The number of carboxylic acids is 1. The maximum atomic E-state index is 10.4. The van der Waals surface area contributed by atoms with Gasteiger partial charge in [0.2, 0.25) is 0 Å². The average molecular weight is 234 g/mol. The Labute approximate surface area is 81.7 Å². The van der Waals surface area contributed by atoms with Crippen LogP contribution in [-0.4, -0.2) is 32.6 Å². The smallest absolute Gasteiger partial charge is 0.325 e. The molecule has 0 rings (SSSR count). The van der Waals surface area contributed by atoms with E-state index in [1.807, 2.05) is 0 Å². The molecule has 80 valence electrons. The summed E-state index contributed by atoms with van der Waals surface area (Å²) in [6.45, 7) is 1.21. The molecule has 0 spiro atoms. The monoisotopic (exact) mass is 233 g/mol. The molecule has 0 aliphatic heterocycles. The summed E-state index contributed by atoms with van der Waals surface area (Å²) in [6.07, 6.45) is -0.751. The lowest BCUT2D eigenvalue weighted by atomic mass is 10.0. The number of aliphatic carboxylic acids is 1. The minimum atomic E-state index is -4.15. The fourth-order valence-electron chi connectivity index (χ4n) is 0.485. The first-order valence-corrected chi connectivity index (χ1v) is 5.02. The van der Waals surface area contributed by atoms with Crippen LogP contribution in [0.3, 0.4) is 0 Å². The quantitative estimate of drug-likeness (QED) is 0.498. The third kappa shape index (κ3) is 6.98. The molecule has 1 atom stereocenters. The molecule has 0 unspecified atom stereocenters. The molecule has 0 aromatic rings. The molecule has 0 saturated carbocycles. The summed E-state index contributed by atoms with van der Waals surface area (Å²) in [5, 5.41) is 8.46. The highest BCUT2D eigenvalue weighted by atomic mass is 35.5. The molecule has 0 aromatic heterocycles. The zero-order valence-electron chi connectivity index (χ0n) is 7.01. The zero-order chi connectivity index (χ0) is 9.99. The van der Waals surface area contributed by atoms with E-state index in [0.29, 0.717) is 0 Å². The van der Waals surface area contributed by atoms with E-state index in [2.05, 4.69) is 0 Å². The number of halogens is 1. The van der Waals surface area contributed by atoms with Gasteiger partial charge >= 0.3 is 13.6 Å². The Morgan fingerprint density at radius 1 is 1.54 bits per heavy atom. The zero-order valence-corrected chi connectivity index (χ0v) is 8.72. The van der Waals surface area contributed by atoms with E-state index < -0.39 is 25.3 Å². The standard InChI is InChI=1S/C5H12NO5P.ClH/c1-5(6,4(7)8)2-3-12(9,10)11;/h2-3,6H2,1H3,(H,7,8)(H2,9,10,11);1H/t5-;/m0./s1. The van der Waals surface area contributed by atoms with Crippen molar-refractivity contribution in [1.82, 2.24) is 0 Å². The summed E-state index contributed by atoms with van der Waals surface area (Å²) in [7, 11) is -4.15. The molecule has 0 amide bonds. The first kappa shape index (κ1) is 15.3. The number of nitrogens with two attached hydrogens (primary N) is 1. The van der Waals surface area contributed by atoms with Gasteiger partial charge in [-0.3, -0.25) is 9.36 Å². The van der Waals surface area contributed by atoms with E-state index in [4.69, 9.17) is 20.6 Å². The number of hydrogen-bond donors (Lipinski definition) is 4. The van der Waals surface area contributed by atoms with Crippen molar-refractivity contribution in [3.05, 3.63) is 0 Å². The van der Waals surface area contributed by atoms with E-state index in [-0.39, 0.29) is 18.8 Å². The average Bonchev–Trinajstić information content (AvgIpc) is 1.82. The van der Waals surface area contributed by atoms with Crippen LogP contribution in [0.15, 0.2) is 0 Å². The SMILES string of the molecule is C[C@](N)(CCP(=O)(O)O)C(=O)O.Cl. The maximum Gasteiger partial charge on any atom is 0.325 e. The molecule has 0 aliphatic rings. The molecule has 0 aromatic carbocycles. The molecule has 0 fully saturated rings. The predicted octanol–water partition coefficient (Wildman–Crippen LogP) is -0.222. The number of rotatable bonds is 4. The fourth-order valence-corrected chi connectivity index (χ4v) is 1.24. The summed E-state index contributed by atoms with van der Waals surface area (Å²) in [5.41, 5.74) is 3.66. The first-order valence-electron chi connectivity index (χ1n) is 3.22. The van der Waals surface area contributed by atoms with E-state index >= 15 is 0 Å². The van der Waals surface area contributed by atoms with Crippen molar-refractivity contribution in [2.45, 2.75) is 18.9 Å². The van der Waals surface area contributed by atoms with Crippen LogP contribution in [0.2, 0.25) is 0 Å². The van der Waals surface area contributed by atoms with Gasteiger partial charge in [-0.1, -0.05) is 0 Å². The Hall–Kier alpha value is -0.130. The fraction of sp³-hybridized carbons (Fsp3) is 0.800. The van der Waals surface area contributed by atoms with E-state index in [0.717, 1.165) is 0 Å². The largest absolute Gasteiger partial charge is 0.480 e. The van der Waals surface area contributed by atoms with Gasteiger partial charge in [-0.15, -0.1) is 12.4 Å². The molecule has 5 N–H and O–H groups in total. The molecule has 6 nitrogen and oxygen atoms in total.